The summed E-state index contributed by atoms with van der Waals surface area (Å²) in [4.78, 5) is 10.1. The summed E-state index contributed by atoms with van der Waals surface area (Å²) in [6, 6.07) is 0. The molecule has 0 aromatic rings. The molecule has 0 radical (unpaired) electrons. The van der Waals surface area contributed by atoms with Crippen LogP contribution in [-0.2, 0) is 9.53 Å². The average molecular weight is 168 g/mol. The lowest BCUT2D eigenvalue weighted by Gasteiger charge is -1.91. The van der Waals surface area contributed by atoms with E-state index in [-0.39, 0.29) is 12.5 Å². The van der Waals surface area contributed by atoms with Crippen molar-refractivity contribution in [2.24, 2.45) is 0 Å². The Morgan fingerprint density at radius 2 is 2.57 bits per heavy atom. The highest BCUT2D eigenvalue weighted by Gasteiger charge is 1.91. The zero-order valence-electron chi connectivity index (χ0n) is 3.90. The van der Waals surface area contributed by atoms with Gasteiger partial charge in [0.05, 0.1) is 0 Å². The van der Waals surface area contributed by atoms with Crippen molar-refractivity contribution in [3.8, 4) is 0 Å². The molecule has 0 fully saturated rings. The Bertz CT molecular complexity index is 66.0. The summed E-state index contributed by atoms with van der Waals surface area (Å²) in [6.45, 7) is 0.102. The highest BCUT2D eigenvalue weighted by atomic mass is 79.9. The number of amides is 1. The predicted octanol–water partition coefficient (Wildman–Crippen LogP) is 0.0589. The minimum absolute atomic E-state index is 0.102. The van der Waals surface area contributed by atoms with Gasteiger partial charge in [0.1, 0.15) is 6.61 Å². The fourth-order valence-corrected chi connectivity index (χ4v) is 0.273. The van der Waals surface area contributed by atoms with E-state index >= 15 is 0 Å². The van der Waals surface area contributed by atoms with E-state index in [1.54, 1.807) is 0 Å². The van der Waals surface area contributed by atoms with E-state index in [0.29, 0.717) is 0 Å². The second-order valence-corrected chi connectivity index (χ2v) is 1.35. The van der Waals surface area contributed by atoms with Crippen LogP contribution in [0.3, 0.4) is 0 Å². The van der Waals surface area contributed by atoms with Gasteiger partial charge in [-0.3, -0.25) is 9.14 Å². The minimum Gasteiger partial charge on any atom is -0.375 e. The van der Waals surface area contributed by atoms with Gasteiger partial charge in [-0.2, -0.15) is 0 Å². The SMILES string of the molecule is COCC(=O)NBr. The molecule has 0 aromatic carbocycles. The number of hydrogen-bond acceptors (Lipinski definition) is 2. The molecule has 1 amide bonds. The molecule has 0 rings (SSSR count). The van der Waals surface area contributed by atoms with Gasteiger partial charge in [0, 0.05) is 23.3 Å². The summed E-state index contributed by atoms with van der Waals surface area (Å²) >= 11 is 2.74. The number of methoxy groups -OCH3 is 1. The maximum Gasteiger partial charge on any atom is 0.255 e. The highest BCUT2D eigenvalue weighted by Crippen LogP contribution is 1.71. The molecular formula is C3H6BrNO2. The average Bonchev–Trinajstić information content (AvgIpc) is 1.68. The van der Waals surface area contributed by atoms with Crippen LogP contribution in [-0.4, -0.2) is 19.6 Å². The Morgan fingerprint density at radius 1 is 2.00 bits per heavy atom. The standard InChI is InChI=1S/C3H6BrNO2/c1-7-2-3(6)5-4/h2H2,1H3,(H,5,6). The zero-order chi connectivity index (χ0) is 5.70. The first kappa shape index (κ1) is 6.91. The Morgan fingerprint density at radius 3 is 2.71 bits per heavy atom. The third kappa shape index (κ3) is 3.75. The molecule has 0 unspecified atom stereocenters. The van der Waals surface area contributed by atoms with Crippen molar-refractivity contribution in [3.63, 3.8) is 0 Å². The minimum atomic E-state index is -0.178. The molecule has 0 aliphatic carbocycles. The molecule has 0 aliphatic rings. The molecular weight excluding hydrogens is 162 g/mol. The molecule has 0 aromatic heterocycles. The first-order valence-corrected chi connectivity index (χ1v) is 2.49. The van der Waals surface area contributed by atoms with Crippen LogP contribution in [0.2, 0.25) is 0 Å². The Hall–Kier alpha value is -0.0900. The van der Waals surface area contributed by atoms with Gasteiger partial charge in [0.25, 0.3) is 5.91 Å². The highest BCUT2D eigenvalue weighted by molar-refractivity contribution is 9.08. The van der Waals surface area contributed by atoms with Crippen LogP contribution in [0.25, 0.3) is 0 Å². The second kappa shape index (κ2) is 4.08. The van der Waals surface area contributed by atoms with Crippen LogP contribution < -0.4 is 4.34 Å². The second-order valence-electron chi connectivity index (χ2n) is 0.951. The third-order valence-corrected chi connectivity index (χ3v) is 0.823. The molecule has 0 saturated carbocycles. The van der Waals surface area contributed by atoms with E-state index in [4.69, 9.17) is 0 Å². The van der Waals surface area contributed by atoms with Crippen molar-refractivity contribution >= 4 is 22.1 Å². The predicted molar refractivity (Wildman–Crippen MR) is 28.9 cm³/mol. The van der Waals surface area contributed by atoms with Crippen LogP contribution in [0, 0.1) is 0 Å². The van der Waals surface area contributed by atoms with E-state index in [1.807, 2.05) is 0 Å². The summed E-state index contributed by atoms with van der Waals surface area (Å²) in [6.07, 6.45) is 0. The summed E-state index contributed by atoms with van der Waals surface area (Å²) in [7, 11) is 1.46. The number of rotatable bonds is 2. The van der Waals surface area contributed by atoms with Gasteiger partial charge in [-0.1, -0.05) is 0 Å². The molecule has 3 nitrogen and oxygen atoms in total. The van der Waals surface area contributed by atoms with Crippen molar-refractivity contribution in [1.29, 1.82) is 0 Å². The molecule has 0 bridgehead atoms. The molecule has 0 saturated heterocycles. The molecule has 4 heteroatoms. The first-order valence-electron chi connectivity index (χ1n) is 1.69. The van der Waals surface area contributed by atoms with Crippen LogP contribution in [0.1, 0.15) is 0 Å². The van der Waals surface area contributed by atoms with Gasteiger partial charge in [-0.25, -0.2) is 0 Å². The van der Waals surface area contributed by atoms with Crippen molar-refractivity contribution in [2.75, 3.05) is 13.7 Å². The lowest BCUT2D eigenvalue weighted by molar-refractivity contribution is -0.122. The number of nitrogens with one attached hydrogen (secondary N) is 1. The number of carbonyl (C=O) groups is 1. The number of ether oxygens (including phenoxy) is 1. The molecule has 0 atom stereocenters. The van der Waals surface area contributed by atoms with E-state index in [0.717, 1.165) is 0 Å². The summed E-state index contributed by atoms with van der Waals surface area (Å²) < 4.78 is 6.67. The molecule has 0 heterocycles. The van der Waals surface area contributed by atoms with Gasteiger partial charge < -0.3 is 4.74 Å². The fourth-order valence-electron chi connectivity index (χ4n) is 0.158. The Labute approximate surface area is 50.4 Å². The van der Waals surface area contributed by atoms with Crippen LogP contribution >= 0.6 is 16.1 Å². The summed E-state index contributed by atoms with van der Waals surface area (Å²) in [5, 5.41) is 0. The van der Waals surface area contributed by atoms with Gasteiger partial charge in [-0.05, 0) is 0 Å². The maximum atomic E-state index is 10.1. The summed E-state index contributed by atoms with van der Waals surface area (Å²) in [5.41, 5.74) is 0. The van der Waals surface area contributed by atoms with Gasteiger partial charge in [0.2, 0.25) is 0 Å². The lowest BCUT2D eigenvalue weighted by Crippen LogP contribution is -2.17. The van der Waals surface area contributed by atoms with Crippen molar-refractivity contribution in [3.05, 3.63) is 0 Å². The maximum absolute atomic E-state index is 10.1. The molecule has 42 valence electrons. The van der Waals surface area contributed by atoms with Crippen molar-refractivity contribution in [2.45, 2.75) is 0 Å². The lowest BCUT2D eigenvalue weighted by atomic mass is 10.7. The molecule has 1 N–H and O–H groups in total. The van der Waals surface area contributed by atoms with E-state index in [9.17, 15) is 4.79 Å². The molecule has 0 spiro atoms. The fraction of sp³-hybridized carbons (Fsp3) is 0.667. The zero-order valence-corrected chi connectivity index (χ0v) is 5.49. The Kier molecular flexibility index (Phi) is 4.03. The number of halogens is 1. The first-order chi connectivity index (χ1) is 3.31. The van der Waals surface area contributed by atoms with Crippen LogP contribution in [0.15, 0.2) is 0 Å². The molecule has 0 aliphatic heterocycles. The third-order valence-electron chi connectivity index (χ3n) is 0.381. The van der Waals surface area contributed by atoms with E-state index in [1.165, 1.54) is 7.11 Å². The normalized spacial score (nSPS) is 8.29. The van der Waals surface area contributed by atoms with E-state index < -0.39 is 0 Å². The largest absolute Gasteiger partial charge is 0.375 e. The molecule has 7 heavy (non-hydrogen) atoms. The van der Waals surface area contributed by atoms with Gasteiger partial charge in [0.15, 0.2) is 0 Å². The number of carbonyl (C=O) groups excluding carboxylic acids is 1. The van der Waals surface area contributed by atoms with Crippen LogP contribution in [0.4, 0.5) is 0 Å². The van der Waals surface area contributed by atoms with Gasteiger partial charge >= 0.3 is 0 Å². The van der Waals surface area contributed by atoms with E-state index in [2.05, 4.69) is 25.2 Å². The van der Waals surface area contributed by atoms with Gasteiger partial charge in [-0.15, -0.1) is 0 Å². The smallest absolute Gasteiger partial charge is 0.255 e. The van der Waals surface area contributed by atoms with Crippen molar-refractivity contribution < 1.29 is 9.53 Å². The topological polar surface area (TPSA) is 38.3 Å². The quantitative estimate of drug-likeness (QED) is 0.592. The van der Waals surface area contributed by atoms with Crippen molar-refractivity contribution in [1.82, 2.24) is 4.34 Å². The summed E-state index contributed by atoms with van der Waals surface area (Å²) in [5.74, 6) is -0.178. The Balaban J connectivity index is 3.00. The van der Waals surface area contributed by atoms with Crippen LogP contribution in [0.5, 0.6) is 0 Å². The number of hydrogen-bond donors (Lipinski definition) is 1. The monoisotopic (exact) mass is 167 g/mol.